The predicted molar refractivity (Wildman–Crippen MR) is 110 cm³/mol. The van der Waals surface area contributed by atoms with Crippen LogP contribution in [0.5, 0.6) is 0 Å². The zero-order chi connectivity index (χ0) is 20.8. The predicted octanol–water partition coefficient (Wildman–Crippen LogP) is 2.82. The van der Waals surface area contributed by atoms with Crippen LogP contribution in [0.15, 0.2) is 48.5 Å². The molecule has 1 aliphatic heterocycles. The Kier molecular flexibility index (Phi) is 6.63. The Morgan fingerprint density at radius 2 is 1.93 bits per heavy atom. The van der Waals surface area contributed by atoms with Gasteiger partial charge in [-0.05, 0) is 42.1 Å². The highest BCUT2D eigenvalue weighted by atomic mass is 16.4. The number of nitrogens with zero attached hydrogens (tertiary/aromatic N) is 2. The number of carboxylic acids is 1. The van der Waals surface area contributed by atoms with Gasteiger partial charge in [-0.2, -0.15) is 5.26 Å². The summed E-state index contributed by atoms with van der Waals surface area (Å²) in [7, 11) is 1.56. The Morgan fingerprint density at radius 3 is 2.55 bits per heavy atom. The van der Waals surface area contributed by atoms with Crippen LogP contribution < -0.4 is 5.32 Å². The highest BCUT2D eigenvalue weighted by Crippen LogP contribution is 2.24. The third kappa shape index (κ3) is 4.82. The van der Waals surface area contributed by atoms with Gasteiger partial charge in [0.15, 0.2) is 0 Å². The van der Waals surface area contributed by atoms with E-state index >= 15 is 0 Å². The minimum Gasteiger partial charge on any atom is -0.480 e. The van der Waals surface area contributed by atoms with E-state index < -0.39 is 12.0 Å². The number of piperidine rings is 1. The number of likely N-dealkylation sites (N-methyl/N-ethyl adjacent to an activating group) is 1. The number of nitrogens with one attached hydrogen (secondary N) is 1. The summed E-state index contributed by atoms with van der Waals surface area (Å²) in [5, 5.41) is 22.2. The fourth-order valence-electron chi connectivity index (χ4n) is 3.73. The second-order valence-corrected chi connectivity index (χ2v) is 7.36. The number of aliphatic carboxylic acids is 1. The van der Waals surface area contributed by atoms with Crippen LogP contribution in [0.4, 0.5) is 0 Å². The fourth-order valence-corrected chi connectivity index (χ4v) is 3.73. The van der Waals surface area contributed by atoms with E-state index in [1.165, 1.54) is 4.90 Å². The fraction of sp³-hybridized carbons (Fsp3) is 0.348. The van der Waals surface area contributed by atoms with Crippen molar-refractivity contribution in [2.75, 3.05) is 13.6 Å². The van der Waals surface area contributed by atoms with E-state index in [4.69, 9.17) is 0 Å². The SMILES string of the molecule is CN(C(=O)[C@@H]1CCCCN1)[C@@H](Cc1ccc(-c2ccccc2C#N)cc1)C(=O)O. The summed E-state index contributed by atoms with van der Waals surface area (Å²) in [6, 6.07) is 15.8. The van der Waals surface area contributed by atoms with Crippen molar-refractivity contribution in [2.45, 2.75) is 37.8 Å². The van der Waals surface area contributed by atoms with Crippen molar-refractivity contribution in [3.8, 4) is 17.2 Å². The second kappa shape index (κ2) is 9.35. The molecule has 0 aliphatic carbocycles. The zero-order valence-corrected chi connectivity index (χ0v) is 16.5. The molecule has 1 fully saturated rings. The molecule has 2 aromatic carbocycles. The van der Waals surface area contributed by atoms with E-state index in [-0.39, 0.29) is 18.4 Å². The van der Waals surface area contributed by atoms with Gasteiger partial charge in [0.05, 0.1) is 17.7 Å². The van der Waals surface area contributed by atoms with Crippen LogP contribution in [0.25, 0.3) is 11.1 Å². The van der Waals surface area contributed by atoms with Crippen LogP contribution in [-0.4, -0.2) is 47.6 Å². The highest BCUT2D eigenvalue weighted by Gasteiger charge is 2.31. The van der Waals surface area contributed by atoms with Crippen LogP contribution in [-0.2, 0) is 16.0 Å². The van der Waals surface area contributed by atoms with Gasteiger partial charge in [0, 0.05) is 13.5 Å². The lowest BCUT2D eigenvalue weighted by Crippen LogP contribution is -2.52. The summed E-state index contributed by atoms with van der Waals surface area (Å²) < 4.78 is 0. The van der Waals surface area contributed by atoms with Gasteiger partial charge in [-0.25, -0.2) is 4.79 Å². The quantitative estimate of drug-likeness (QED) is 0.790. The van der Waals surface area contributed by atoms with Crippen LogP contribution in [0.2, 0.25) is 0 Å². The van der Waals surface area contributed by atoms with E-state index in [1.54, 1.807) is 13.1 Å². The largest absolute Gasteiger partial charge is 0.480 e. The van der Waals surface area contributed by atoms with Gasteiger partial charge in [-0.3, -0.25) is 4.79 Å². The van der Waals surface area contributed by atoms with Crippen molar-refractivity contribution in [1.29, 1.82) is 5.26 Å². The van der Waals surface area contributed by atoms with Crippen molar-refractivity contribution in [3.63, 3.8) is 0 Å². The van der Waals surface area contributed by atoms with Gasteiger partial charge >= 0.3 is 5.97 Å². The molecule has 6 nitrogen and oxygen atoms in total. The molecule has 3 rings (SSSR count). The maximum absolute atomic E-state index is 12.7. The molecule has 0 spiro atoms. The Hall–Kier alpha value is -3.17. The number of amides is 1. The molecule has 2 aromatic rings. The summed E-state index contributed by atoms with van der Waals surface area (Å²) >= 11 is 0. The maximum Gasteiger partial charge on any atom is 0.326 e. The summed E-state index contributed by atoms with van der Waals surface area (Å²) in [4.78, 5) is 25.9. The van der Waals surface area contributed by atoms with Crippen molar-refractivity contribution in [2.24, 2.45) is 0 Å². The van der Waals surface area contributed by atoms with Crippen LogP contribution in [0.3, 0.4) is 0 Å². The Balaban J connectivity index is 1.74. The molecule has 6 heteroatoms. The van der Waals surface area contributed by atoms with Crippen LogP contribution in [0.1, 0.15) is 30.4 Å². The van der Waals surface area contributed by atoms with E-state index in [0.29, 0.717) is 5.56 Å². The molecular formula is C23H25N3O3. The summed E-state index contributed by atoms with van der Waals surface area (Å²) in [5.41, 5.74) is 3.15. The zero-order valence-electron chi connectivity index (χ0n) is 16.5. The topological polar surface area (TPSA) is 93.4 Å². The number of hydrogen-bond donors (Lipinski definition) is 2. The lowest BCUT2D eigenvalue weighted by Gasteiger charge is -2.31. The molecule has 0 aromatic heterocycles. The number of rotatable bonds is 6. The van der Waals surface area contributed by atoms with Crippen molar-refractivity contribution < 1.29 is 14.7 Å². The molecule has 1 heterocycles. The van der Waals surface area contributed by atoms with E-state index in [9.17, 15) is 20.0 Å². The molecule has 0 saturated carbocycles. The average Bonchev–Trinajstić information content (AvgIpc) is 2.77. The van der Waals surface area contributed by atoms with Crippen LogP contribution in [0, 0.1) is 11.3 Å². The number of carbonyl (C=O) groups excluding carboxylic acids is 1. The van der Waals surface area contributed by atoms with Crippen molar-refractivity contribution in [1.82, 2.24) is 10.2 Å². The molecule has 1 aliphatic rings. The van der Waals surface area contributed by atoms with Gasteiger partial charge < -0.3 is 15.3 Å². The smallest absolute Gasteiger partial charge is 0.326 e. The third-order valence-corrected chi connectivity index (χ3v) is 5.45. The van der Waals surface area contributed by atoms with Gasteiger partial charge in [-0.1, -0.05) is 48.9 Å². The molecule has 0 bridgehead atoms. The standard InChI is InChI=1S/C23H25N3O3/c1-26(22(27)20-8-4-5-13-25-20)21(23(28)29)14-16-9-11-17(12-10-16)19-7-3-2-6-18(19)15-24/h2-3,6-7,9-12,20-21,25H,4-5,8,13-14H2,1H3,(H,28,29)/t20-,21-/m0/s1. The van der Waals surface area contributed by atoms with E-state index in [1.807, 2.05) is 42.5 Å². The van der Waals surface area contributed by atoms with Crippen molar-refractivity contribution in [3.05, 3.63) is 59.7 Å². The molecule has 1 saturated heterocycles. The summed E-state index contributed by atoms with van der Waals surface area (Å²) in [6.07, 6.45) is 2.98. The van der Waals surface area contributed by atoms with Gasteiger partial charge in [-0.15, -0.1) is 0 Å². The molecule has 1 amide bonds. The lowest BCUT2D eigenvalue weighted by molar-refractivity contribution is -0.150. The number of benzene rings is 2. The number of nitriles is 1. The Labute approximate surface area is 170 Å². The Bertz CT molecular complexity index is 912. The minimum absolute atomic E-state index is 0.170. The normalized spacial score (nSPS) is 17.2. The minimum atomic E-state index is -1.02. The van der Waals surface area contributed by atoms with Crippen LogP contribution >= 0.6 is 0 Å². The summed E-state index contributed by atoms with van der Waals surface area (Å²) in [6.45, 7) is 0.785. The molecule has 29 heavy (non-hydrogen) atoms. The monoisotopic (exact) mass is 391 g/mol. The molecule has 0 unspecified atom stereocenters. The number of carboxylic acid groups (broad SMARTS) is 1. The maximum atomic E-state index is 12.7. The first-order chi connectivity index (χ1) is 14.0. The summed E-state index contributed by atoms with van der Waals surface area (Å²) in [5.74, 6) is -1.19. The van der Waals surface area contributed by atoms with Gasteiger partial charge in [0.2, 0.25) is 5.91 Å². The van der Waals surface area contributed by atoms with Crippen molar-refractivity contribution >= 4 is 11.9 Å². The van der Waals surface area contributed by atoms with Gasteiger partial charge in [0.25, 0.3) is 0 Å². The first kappa shape index (κ1) is 20.6. The average molecular weight is 391 g/mol. The molecule has 150 valence electrons. The highest BCUT2D eigenvalue weighted by molar-refractivity contribution is 5.87. The molecule has 0 radical (unpaired) electrons. The molecular weight excluding hydrogens is 366 g/mol. The third-order valence-electron chi connectivity index (χ3n) is 5.45. The molecule has 2 N–H and O–H groups in total. The first-order valence-electron chi connectivity index (χ1n) is 9.82. The van der Waals surface area contributed by atoms with E-state index in [0.717, 1.165) is 42.5 Å². The molecule has 2 atom stereocenters. The second-order valence-electron chi connectivity index (χ2n) is 7.36. The number of hydrogen-bond acceptors (Lipinski definition) is 4. The Morgan fingerprint density at radius 1 is 1.21 bits per heavy atom. The number of carbonyl (C=O) groups is 2. The first-order valence-corrected chi connectivity index (χ1v) is 9.82. The van der Waals surface area contributed by atoms with Gasteiger partial charge in [0.1, 0.15) is 6.04 Å². The lowest BCUT2D eigenvalue weighted by atomic mass is 9.97. The van der Waals surface area contributed by atoms with E-state index in [2.05, 4.69) is 11.4 Å².